The van der Waals surface area contributed by atoms with Crippen molar-refractivity contribution in [3.8, 4) is 0 Å². The molecule has 1 aromatic heterocycles. The number of nitrogens with one attached hydrogen (secondary N) is 2. The molecule has 2 amide bonds. The van der Waals surface area contributed by atoms with Crippen LogP contribution in [0.4, 0.5) is 0 Å². The number of carbonyl (C=O) groups is 2. The lowest BCUT2D eigenvalue weighted by Gasteiger charge is -2.43. The second-order valence-electron chi connectivity index (χ2n) is 7.18. The largest absolute Gasteiger partial charge is 0.353 e. The molecule has 2 N–H and O–H groups in total. The quantitative estimate of drug-likeness (QED) is 0.887. The number of amides is 2. The molecule has 1 aliphatic carbocycles. The van der Waals surface area contributed by atoms with Crippen LogP contribution in [0.25, 0.3) is 10.2 Å². The molecule has 132 valence electrons. The highest BCUT2D eigenvalue weighted by Gasteiger charge is 2.40. The molecule has 2 heterocycles. The maximum Gasteiger partial charge on any atom is 0.280 e. The number of nitrogens with zero attached hydrogens (tertiary/aromatic N) is 1. The summed E-state index contributed by atoms with van der Waals surface area (Å²) >= 11 is 1.43. The maximum absolute atomic E-state index is 12.6. The highest BCUT2D eigenvalue weighted by molar-refractivity contribution is 7.20. The highest BCUT2D eigenvalue weighted by atomic mass is 32.1. The van der Waals surface area contributed by atoms with E-state index in [-0.39, 0.29) is 23.9 Å². The third kappa shape index (κ3) is 3.27. The van der Waals surface area contributed by atoms with E-state index < -0.39 is 0 Å². The number of hydrogen-bond acceptors (Lipinski definition) is 4. The number of carbonyl (C=O) groups excluding carboxylic acids is 2. The molecule has 1 saturated heterocycles. The Balaban J connectivity index is 1.43. The Morgan fingerprint density at radius 1 is 1.36 bits per heavy atom. The van der Waals surface area contributed by atoms with E-state index >= 15 is 0 Å². The van der Waals surface area contributed by atoms with Crippen molar-refractivity contribution >= 4 is 33.4 Å². The molecule has 2 fully saturated rings. The Morgan fingerprint density at radius 3 is 3.00 bits per heavy atom. The van der Waals surface area contributed by atoms with Gasteiger partial charge in [0.05, 0.1) is 10.2 Å². The first-order valence-corrected chi connectivity index (χ1v) is 9.91. The Kier molecular flexibility index (Phi) is 4.46. The molecule has 4 unspecified atom stereocenters. The number of thiazole rings is 1. The molecule has 6 heteroatoms. The zero-order valence-corrected chi connectivity index (χ0v) is 15.1. The van der Waals surface area contributed by atoms with E-state index in [1.165, 1.54) is 11.3 Å². The van der Waals surface area contributed by atoms with Gasteiger partial charge in [-0.1, -0.05) is 25.5 Å². The third-order valence-corrected chi connectivity index (χ3v) is 6.69. The predicted molar refractivity (Wildman–Crippen MR) is 98.5 cm³/mol. The number of aromatic nitrogens is 1. The minimum Gasteiger partial charge on any atom is -0.353 e. The second kappa shape index (κ2) is 6.75. The van der Waals surface area contributed by atoms with E-state index in [2.05, 4.69) is 22.5 Å². The van der Waals surface area contributed by atoms with Crippen LogP contribution in [-0.4, -0.2) is 28.9 Å². The summed E-state index contributed by atoms with van der Waals surface area (Å²) in [6, 6.07) is 8.10. The monoisotopic (exact) mass is 357 g/mol. The van der Waals surface area contributed by atoms with Crippen LogP contribution in [-0.2, 0) is 4.79 Å². The Hall–Kier alpha value is -1.95. The molecule has 4 atom stereocenters. The summed E-state index contributed by atoms with van der Waals surface area (Å²) < 4.78 is 1.03. The lowest BCUT2D eigenvalue weighted by Crippen LogP contribution is -2.55. The number of fused-ring (bicyclic) bond motifs is 2. The molecule has 0 bridgehead atoms. The van der Waals surface area contributed by atoms with Gasteiger partial charge < -0.3 is 10.6 Å². The van der Waals surface area contributed by atoms with Crippen molar-refractivity contribution in [2.24, 2.45) is 11.8 Å². The van der Waals surface area contributed by atoms with E-state index in [9.17, 15) is 9.59 Å². The van der Waals surface area contributed by atoms with Gasteiger partial charge in [0.1, 0.15) is 0 Å². The van der Waals surface area contributed by atoms with Gasteiger partial charge in [0, 0.05) is 18.5 Å². The lowest BCUT2D eigenvalue weighted by atomic mass is 9.70. The first kappa shape index (κ1) is 16.5. The topological polar surface area (TPSA) is 71.1 Å². The van der Waals surface area contributed by atoms with Gasteiger partial charge in [0.25, 0.3) is 5.91 Å². The van der Waals surface area contributed by atoms with Crippen LogP contribution in [0.5, 0.6) is 0 Å². The van der Waals surface area contributed by atoms with Crippen molar-refractivity contribution in [1.29, 1.82) is 0 Å². The summed E-state index contributed by atoms with van der Waals surface area (Å²) in [5.41, 5.74) is 0.867. The average molecular weight is 357 g/mol. The molecular formula is C19H23N3O2S. The summed E-state index contributed by atoms with van der Waals surface area (Å²) in [5, 5.41) is 6.79. The minimum absolute atomic E-state index is 0.0983. The fourth-order valence-corrected chi connectivity index (χ4v) is 5.24. The number of benzene rings is 1. The van der Waals surface area contributed by atoms with Gasteiger partial charge in [-0.2, -0.15) is 0 Å². The van der Waals surface area contributed by atoms with Crippen LogP contribution in [0.2, 0.25) is 0 Å². The fraction of sp³-hybridized carbons (Fsp3) is 0.526. The molecule has 5 nitrogen and oxygen atoms in total. The highest BCUT2D eigenvalue weighted by Crippen LogP contribution is 2.37. The summed E-state index contributed by atoms with van der Waals surface area (Å²) in [7, 11) is 0. The van der Waals surface area contributed by atoms with Gasteiger partial charge in [-0.05, 0) is 43.2 Å². The summed E-state index contributed by atoms with van der Waals surface area (Å²) in [6.07, 6.45) is 4.57. The molecule has 1 aromatic carbocycles. The smallest absolute Gasteiger partial charge is 0.280 e. The zero-order valence-electron chi connectivity index (χ0n) is 14.3. The van der Waals surface area contributed by atoms with Crippen molar-refractivity contribution in [1.82, 2.24) is 15.6 Å². The first-order chi connectivity index (χ1) is 12.1. The van der Waals surface area contributed by atoms with Crippen LogP contribution in [0.1, 0.15) is 48.8 Å². The second-order valence-corrected chi connectivity index (χ2v) is 8.21. The molecular weight excluding hydrogens is 334 g/mol. The standard InChI is InChI=1S/C19H23N3O2S/c1-2-11-9-17(23)21-15-10-12(7-8-13(11)15)20-18(24)19-22-14-5-3-4-6-16(14)25-19/h3-6,11-13,15H,2,7-10H2,1H3,(H,20,24)(H,21,23). The number of hydrogen-bond donors (Lipinski definition) is 2. The molecule has 0 spiro atoms. The van der Waals surface area contributed by atoms with Crippen molar-refractivity contribution in [2.75, 3.05) is 0 Å². The first-order valence-electron chi connectivity index (χ1n) is 9.10. The lowest BCUT2D eigenvalue weighted by molar-refractivity contribution is -0.127. The van der Waals surface area contributed by atoms with E-state index in [4.69, 9.17) is 0 Å². The fourth-order valence-electron chi connectivity index (χ4n) is 4.37. The molecule has 25 heavy (non-hydrogen) atoms. The predicted octanol–water partition coefficient (Wildman–Crippen LogP) is 3.11. The van der Waals surface area contributed by atoms with Gasteiger partial charge >= 0.3 is 0 Å². The van der Waals surface area contributed by atoms with Crippen LogP contribution >= 0.6 is 11.3 Å². The van der Waals surface area contributed by atoms with E-state index in [0.29, 0.717) is 23.3 Å². The Labute approximate surface area is 151 Å². The zero-order chi connectivity index (χ0) is 17.4. The number of para-hydroxylation sites is 1. The molecule has 1 aliphatic heterocycles. The Bertz CT molecular complexity index is 770. The van der Waals surface area contributed by atoms with Crippen LogP contribution < -0.4 is 10.6 Å². The number of rotatable bonds is 3. The van der Waals surface area contributed by atoms with Crippen LogP contribution in [0.15, 0.2) is 24.3 Å². The normalized spacial score (nSPS) is 29.1. The maximum atomic E-state index is 12.6. The third-order valence-electron chi connectivity index (χ3n) is 5.65. The minimum atomic E-state index is -0.0983. The summed E-state index contributed by atoms with van der Waals surface area (Å²) in [4.78, 5) is 28.9. The summed E-state index contributed by atoms with van der Waals surface area (Å²) in [5.74, 6) is 1.10. The van der Waals surface area contributed by atoms with Gasteiger partial charge in [0.2, 0.25) is 5.91 Å². The molecule has 1 saturated carbocycles. The summed E-state index contributed by atoms with van der Waals surface area (Å²) in [6.45, 7) is 2.17. The van der Waals surface area contributed by atoms with Gasteiger partial charge in [-0.15, -0.1) is 11.3 Å². The van der Waals surface area contributed by atoms with E-state index in [0.717, 1.165) is 35.9 Å². The van der Waals surface area contributed by atoms with E-state index in [1.54, 1.807) is 0 Å². The average Bonchev–Trinajstić information content (AvgIpc) is 3.05. The molecule has 0 radical (unpaired) electrons. The van der Waals surface area contributed by atoms with Crippen LogP contribution in [0.3, 0.4) is 0 Å². The molecule has 4 rings (SSSR count). The Morgan fingerprint density at radius 2 is 2.20 bits per heavy atom. The molecule has 2 aliphatic rings. The van der Waals surface area contributed by atoms with Crippen molar-refractivity contribution in [3.05, 3.63) is 29.3 Å². The van der Waals surface area contributed by atoms with Gasteiger partial charge in [-0.3, -0.25) is 9.59 Å². The SMILES string of the molecule is CCC1CC(=O)NC2CC(NC(=O)c3nc4ccccc4s3)CCC12. The van der Waals surface area contributed by atoms with Crippen LogP contribution in [0, 0.1) is 11.8 Å². The van der Waals surface area contributed by atoms with E-state index in [1.807, 2.05) is 24.3 Å². The van der Waals surface area contributed by atoms with Crippen molar-refractivity contribution < 1.29 is 9.59 Å². The number of piperidine rings is 1. The van der Waals surface area contributed by atoms with Gasteiger partial charge in [-0.25, -0.2) is 4.98 Å². The van der Waals surface area contributed by atoms with Crippen molar-refractivity contribution in [3.63, 3.8) is 0 Å². The molecule has 2 aromatic rings. The van der Waals surface area contributed by atoms with Gasteiger partial charge in [0.15, 0.2) is 5.01 Å². The van der Waals surface area contributed by atoms with Crippen molar-refractivity contribution in [2.45, 2.75) is 51.1 Å².